The highest BCUT2D eigenvalue weighted by Gasteiger charge is 2.38. The Kier molecular flexibility index (Phi) is 4.86. The number of urea groups is 1. The molecule has 2 aliphatic rings. The second-order valence-electron chi connectivity index (χ2n) is 7.21. The molecule has 2 saturated heterocycles. The van der Waals surface area contributed by atoms with Crippen molar-refractivity contribution < 1.29 is 27.6 Å². The van der Waals surface area contributed by atoms with Gasteiger partial charge >= 0.3 is 12.2 Å². The van der Waals surface area contributed by atoms with Gasteiger partial charge in [0.1, 0.15) is 12.2 Å². The second-order valence-corrected chi connectivity index (χ2v) is 7.21. The molecular weight excluding hydrogens is 405 g/mol. The normalized spacial score (nSPS) is 19.8. The number of imide groups is 1. The number of hydrogen-bond acceptors (Lipinski definition) is 5. The van der Waals surface area contributed by atoms with E-state index in [1.807, 2.05) is 0 Å². The summed E-state index contributed by atoms with van der Waals surface area (Å²) in [6.45, 7) is 1.50. The fraction of sp³-hybridized carbons (Fsp3) is 0.500. The Morgan fingerprint density at radius 3 is 2.70 bits per heavy atom. The van der Waals surface area contributed by atoms with E-state index in [0.717, 1.165) is 15.5 Å². The Hall–Kier alpha value is -3.18. The van der Waals surface area contributed by atoms with E-state index in [-0.39, 0.29) is 12.2 Å². The van der Waals surface area contributed by atoms with Crippen LogP contribution in [0.15, 0.2) is 12.1 Å². The first kappa shape index (κ1) is 20.1. The topological polar surface area (TPSA) is 99.9 Å². The first-order valence-corrected chi connectivity index (χ1v) is 9.53. The van der Waals surface area contributed by atoms with Gasteiger partial charge in [-0.05, 0) is 25.3 Å². The molecule has 1 atom stereocenters. The molecule has 2 aliphatic heterocycles. The van der Waals surface area contributed by atoms with Crippen LogP contribution in [0, 0.1) is 0 Å². The first-order chi connectivity index (χ1) is 14.2. The molecule has 2 aromatic rings. The van der Waals surface area contributed by atoms with E-state index in [4.69, 9.17) is 0 Å². The van der Waals surface area contributed by atoms with Gasteiger partial charge in [-0.2, -0.15) is 18.3 Å². The molecule has 2 aromatic heterocycles. The Labute approximate surface area is 168 Å². The third-order valence-corrected chi connectivity index (χ3v) is 5.30. The minimum atomic E-state index is -4.61. The predicted molar refractivity (Wildman–Crippen MR) is 96.2 cm³/mol. The molecular formula is C18H19F3N6O3. The molecule has 1 N–H and O–H groups in total. The fourth-order valence-corrected chi connectivity index (χ4v) is 3.80. The number of carbonyl (C=O) groups excluding carboxylic acids is 3. The zero-order valence-electron chi connectivity index (χ0n) is 16.1. The summed E-state index contributed by atoms with van der Waals surface area (Å²) in [5.74, 6) is -0.957. The fourth-order valence-electron chi connectivity index (χ4n) is 3.80. The molecule has 2 fully saturated rings. The van der Waals surface area contributed by atoms with Crippen molar-refractivity contribution in [2.45, 2.75) is 38.4 Å². The molecule has 4 amide bonds. The van der Waals surface area contributed by atoms with Crippen molar-refractivity contribution in [2.75, 3.05) is 19.6 Å². The molecule has 30 heavy (non-hydrogen) atoms. The number of rotatable bonds is 4. The van der Waals surface area contributed by atoms with Gasteiger partial charge in [-0.1, -0.05) is 6.92 Å². The summed E-state index contributed by atoms with van der Waals surface area (Å²) in [6.07, 6.45) is -3.13. The maximum atomic E-state index is 13.5. The number of aryl methyl sites for hydroxylation is 1. The molecule has 0 aliphatic carbocycles. The van der Waals surface area contributed by atoms with Gasteiger partial charge in [0.15, 0.2) is 5.65 Å². The van der Waals surface area contributed by atoms with Crippen LogP contribution in [-0.2, 0) is 22.2 Å². The lowest BCUT2D eigenvalue weighted by Gasteiger charge is -2.25. The van der Waals surface area contributed by atoms with E-state index in [1.165, 1.54) is 11.0 Å². The molecule has 0 saturated carbocycles. The summed E-state index contributed by atoms with van der Waals surface area (Å²) in [5.41, 5.74) is -0.278. The van der Waals surface area contributed by atoms with Crippen LogP contribution < -0.4 is 5.32 Å². The summed E-state index contributed by atoms with van der Waals surface area (Å²) in [6, 6.07) is 1.24. The van der Waals surface area contributed by atoms with Crippen LogP contribution in [0.25, 0.3) is 5.65 Å². The highest BCUT2D eigenvalue weighted by molar-refractivity contribution is 6.04. The molecule has 0 aromatic carbocycles. The summed E-state index contributed by atoms with van der Waals surface area (Å²) in [4.78, 5) is 42.7. The van der Waals surface area contributed by atoms with Gasteiger partial charge in [-0.25, -0.2) is 14.3 Å². The summed E-state index contributed by atoms with van der Waals surface area (Å²) in [7, 11) is 0. The standard InChI is InChI=1S/C18H19F3N6O3/c1-2-10-6-13(18(19,20)21)27-14(23-10)7-11(24-27)12-4-3-5-25(12)16(29)9-26-15(28)8-22-17(26)30/h6-7,12H,2-5,8-9H2,1H3,(H,22,30)/t12-/m1/s1. The number of nitrogens with one attached hydrogen (secondary N) is 1. The SMILES string of the molecule is CCc1cc(C(F)(F)F)n2nc([C@H]3CCCN3C(=O)CN3C(=O)CNC3=O)cc2n1. The Morgan fingerprint density at radius 2 is 2.07 bits per heavy atom. The number of nitrogens with zero attached hydrogens (tertiary/aromatic N) is 5. The number of hydrogen-bond donors (Lipinski definition) is 1. The summed E-state index contributed by atoms with van der Waals surface area (Å²) < 4.78 is 41.3. The van der Waals surface area contributed by atoms with Gasteiger partial charge < -0.3 is 10.2 Å². The van der Waals surface area contributed by atoms with Gasteiger partial charge in [0, 0.05) is 18.3 Å². The number of halogens is 3. The van der Waals surface area contributed by atoms with E-state index in [1.54, 1.807) is 6.92 Å². The minimum absolute atomic E-state index is 0.0603. The smallest absolute Gasteiger partial charge is 0.332 e. The van der Waals surface area contributed by atoms with Gasteiger partial charge in [-0.3, -0.25) is 14.5 Å². The van der Waals surface area contributed by atoms with Gasteiger partial charge in [0.25, 0.3) is 5.91 Å². The monoisotopic (exact) mass is 424 g/mol. The zero-order valence-corrected chi connectivity index (χ0v) is 16.1. The van der Waals surface area contributed by atoms with Crippen LogP contribution >= 0.6 is 0 Å². The third kappa shape index (κ3) is 3.46. The Balaban J connectivity index is 1.65. The number of amides is 4. The summed E-state index contributed by atoms with van der Waals surface area (Å²) in [5, 5.41) is 6.45. The lowest BCUT2D eigenvalue weighted by molar-refractivity contribution is -0.142. The second kappa shape index (κ2) is 7.26. The van der Waals surface area contributed by atoms with Gasteiger partial charge in [-0.15, -0.1) is 0 Å². The van der Waals surface area contributed by atoms with E-state index in [0.29, 0.717) is 37.2 Å². The van der Waals surface area contributed by atoms with Crippen molar-refractivity contribution in [1.29, 1.82) is 0 Å². The molecule has 4 rings (SSSR count). The molecule has 160 valence electrons. The highest BCUT2D eigenvalue weighted by atomic mass is 19.4. The average Bonchev–Trinajstić information content (AvgIpc) is 3.40. The van der Waals surface area contributed by atoms with Crippen molar-refractivity contribution >= 4 is 23.5 Å². The van der Waals surface area contributed by atoms with E-state index in [2.05, 4.69) is 15.4 Å². The van der Waals surface area contributed by atoms with E-state index in [9.17, 15) is 27.6 Å². The van der Waals surface area contributed by atoms with Crippen LogP contribution in [0.4, 0.5) is 18.0 Å². The number of aromatic nitrogens is 3. The van der Waals surface area contributed by atoms with E-state index >= 15 is 0 Å². The lowest BCUT2D eigenvalue weighted by atomic mass is 10.1. The van der Waals surface area contributed by atoms with E-state index < -0.39 is 42.3 Å². The minimum Gasteiger partial charge on any atom is -0.332 e. The number of fused-ring (bicyclic) bond motifs is 1. The molecule has 0 unspecified atom stereocenters. The summed E-state index contributed by atoms with van der Waals surface area (Å²) >= 11 is 0. The van der Waals surface area contributed by atoms with Crippen molar-refractivity contribution in [3.8, 4) is 0 Å². The van der Waals surface area contributed by atoms with Crippen molar-refractivity contribution in [2.24, 2.45) is 0 Å². The largest absolute Gasteiger partial charge is 0.433 e. The Morgan fingerprint density at radius 1 is 1.30 bits per heavy atom. The number of carbonyl (C=O) groups is 3. The quantitative estimate of drug-likeness (QED) is 0.751. The molecule has 0 radical (unpaired) electrons. The van der Waals surface area contributed by atoms with Crippen molar-refractivity contribution in [1.82, 2.24) is 29.7 Å². The number of alkyl halides is 3. The molecule has 0 spiro atoms. The average molecular weight is 424 g/mol. The Bertz CT molecular complexity index is 1020. The van der Waals surface area contributed by atoms with Crippen molar-refractivity contribution in [3.05, 3.63) is 29.2 Å². The molecule has 9 nitrogen and oxygen atoms in total. The lowest BCUT2D eigenvalue weighted by Crippen LogP contribution is -2.42. The maximum absolute atomic E-state index is 13.5. The van der Waals surface area contributed by atoms with Crippen molar-refractivity contribution in [3.63, 3.8) is 0 Å². The number of likely N-dealkylation sites (tertiary alicyclic amines) is 1. The molecule has 0 bridgehead atoms. The molecule has 12 heteroatoms. The van der Waals surface area contributed by atoms with Crippen LogP contribution in [0.5, 0.6) is 0 Å². The van der Waals surface area contributed by atoms with Gasteiger partial charge in [0.2, 0.25) is 5.91 Å². The van der Waals surface area contributed by atoms with Crippen LogP contribution in [-0.4, -0.2) is 61.9 Å². The van der Waals surface area contributed by atoms with Gasteiger partial charge in [0.05, 0.1) is 18.3 Å². The predicted octanol–water partition coefficient (Wildman–Crippen LogP) is 1.53. The first-order valence-electron chi connectivity index (χ1n) is 9.53. The maximum Gasteiger partial charge on any atom is 0.433 e. The zero-order chi connectivity index (χ0) is 21.6. The third-order valence-electron chi connectivity index (χ3n) is 5.30. The molecule has 4 heterocycles. The van der Waals surface area contributed by atoms with Crippen LogP contribution in [0.3, 0.4) is 0 Å². The highest BCUT2D eigenvalue weighted by Crippen LogP contribution is 2.34. The van der Waals surface area contributed by atoms with Crippen LogP contribution in [0.1, 0.15) is 42.9 Å². The van der Waals surface area contributed by atoms with Crippen LogP contribution in [0.2, 0.25) is 0 Å².